The molecule has 0 aromatic heterocycles. The standard InChI is InChI=1S/C16H17FN2OS/c1-11(12-6-8-15(20-2)9-7-12)18-16(21)19-14-5-3-4-13(17)10-14/h3-11H,1-2H3,(H2,18,19,21)/t11-/m0/s1. The molecule has 1 atom stereocenters. The number of anilines is 1. The highest BCUT2D eigenvalue weighted by Crippen LogP contribution is 2.17. The zero-order valence-electron chi connectivity index (χ0n) is 11.9. The Morgan fingerprint density at radius 2 is 1.90 bits per heavy atom. The molecule has 2 aromatic rings. The Morgan fingerprint density at radius 1 is 1.19 bits per heavy atom. The van der Waals surface area contributed by atoms with E-state index in [2.05, 4.69) is 10.6 Å². The summed E-state index contributed by atoms with van der Waals surface area (Å²) in [7, 11) is 1.63. The van der Waals surface area contributed by atoms with E-state index >= 15 is 0 Å². The van der Waals surface area contributed by atoms with Crippen LogP contribution in [0.4, 0.5) is 10.1 Å². The molecule has 2 rings (SSSR count). The molecule has 5 heteroatoms. The van der Waals surface area contributed by atoms with Crippen molar-refractivity contribution in [1.29, 1.82) is 0 Å². The van der Waals surface area contributed by atoms with Crippen LogP contribution in [-0.2, 0) is 0 Å². The third-order valence-electron chi connectivity index (χ3n) is 3.05. The van der Waals surface area contributed by atoms with Crippen molar-refractivity contribution in [2.24, 2.45) is 0 Å². The van der Waals surface area contributed by atoms with Crippen LogP contribution in [0, 0.1) is 5.82 Å². The lowest BCUT2D eigenvalue weighted by Gasteiger charge is -2.17. The van der Waals surface area contributed by atoms with Gasteiger partial charge in [-0.1, -0.05) is 18.2 Å². The third kappa shape index (κ3) is 4.43. The molecule has 21 heavy (non-hydrogen) atoms. The average Bonchev–Trinajstić information content (AvgIpc) is 2.47. The highest BCUT2D eigenvalue weighted by atomic mass is 32.1. The zero-order valence-corrected chi connectivity index (χ0v) is 12.7. The molecule has 0 unspecified atom stereocenters. The molecule has 3 nitrogen and oxygen atoms in total. The van der Waals surface area contributed by atoms with E-state index < -0.39 is 0 Å². The van der Waals surface area contributed by atoms with Gasteiger partial charge in [0.05, 0.1) is 13.2 Å². The van der Waals surface area contributed by atoms with Gasteiger partial charge >= 0.3 is 0 Å². The molecule has 2 N–H and O–H groups in total. The van der Waals surface area contributed by atoms with Gasteiger partial charge < -0.3 is 15.4 Å². The summed E-state index contributed by atoms with van der Waals surface area (Å²) >= 11 is 5.23. The zero-order chi connectivity index (χ0) is 15.2. The van der Waals surface area contributed by atoms with E-state index in [4.69, 9.17) is 17.0 Å². The Balaban J connectivity index is 1.95. The lowest BCUT2D eigenvalue weighted by Crippen LogP contribution is -2.30. The molecule has 0 saturated carbocycles. The number of thiocarbonyl (C=S) groups is 1. The van der Waals surface area contributed by atoms with Gasteiger partial charge in [-0.2, -0.15) is 0 Å². The number of halogens is 1. The normalized spacial score (nSPS) is 11.6. The van der Waals surface area contributed by atoms with Crippen LogP contribution in [0.15, 0.2) is 48.5 Å². The SMILES string of the molecule is COc1ccc([C@H](C)NC(=S)Nc2cccc(F)c2)cc1. The number of rotatable bonds is 4. The number of hydrogen-bond acceptors (Lipinski definition) is 2. The van der Waals surface area contributed by atoms with E-state index in [0.717, 1.165) is 11.3 Å². The first-order valence-electron chi connectivity index (χ1n) is 6.55. The molecule has 0 bridgehead atoms. The van der Waals surface area contributed by atoms with Gasteiger partial charge in [0.2, 0.25) is 0 Å². The van der Waals surface area contributed by atoms with Crippen LogP contribution >= 0.6 is 12.2 Å². The summed E-state index contributed by atoms with van der Waals surface area (Å²) in [5.74, 6) is 0.511. The molecule has 0 spiro atoms. The number of ether oxygens (including phenoxy) is 1. The molecule has 0 heterocycles. The molecule has 0 radical (unpaired) electrons. The molecule has 0 saturated heterocycles. The summed E-state index contributed by atoms with van der Waals surface area (Å²) in [5, 5.41) is 6.57. The fraction of sp³-hybridized carbons (Fsp3) is 0.188. The van der Waals surface area contributed by atoms with Crippen LogP contribution in [0.2, 0.25) is 0 Å². The van der Waals surface area contributed by atoms with Crippen LogP contribution in [-0.4, -0.2) is 12.2 Å². The Hall–Kier alpha value is -2.14. The van der Waals surface area contributed by atoms with Crippen LogP contribution in [0.5, 0.6) is 5.75 Å². The minimum absolute atomic E-state index is 0.0319. The summed E-state index contributed by atoms with van der Waals surface area (Å²) in [4.78, 5) is 0. The average molecular weight is 304 g/mol. The predicted molar refractivity (Wildman–Crippen MR) is 87.2 cm³/mol. The van der Waals surface area contributed by atoms with Crippen molar-refractivity contribution >= 4 is 23.0 Å². The monoisotopic (exact) mass is 304 g/mol. The molecule has 110 valence electrons. The molecule has 0 fully saturated rings. The third-order valence-corrected chi connectivity index (χ3v) is 3.27. The van der Waals surface area contributed by atoms with Crippen molar-refractivity contribution in [3.05, 3.63) is 59.9 Å². The summed E-state index contributed by atoms with van der Waals surface area (Å²) in [5.41, 5.74) is 1.70. The number of methoxy groups -OCH3 is 1. The van der Waals surface area contributed by atoms with Gasteiger partial charge in [-0.25, -0.2) is 4.39 Å². The summed E-state index contributed by atoms with van der Waals surface area (Å²) in [6.45, 7) is 2.00. The van der Waals surface area contributed by atoms with E-state index in [1.807, 2.05) is 31.2 Å². The van der Waals surface area contributed by atoms with Gasteiger partial charge in [0.25, 0.3) is 0 Å². The van der Waals surface area contributed by atoms with Crippen molar-refractivity contribution < 1.29 is 9.13 Å². The number of nitrogens with one attached hydrogen (secondary N) is 2. The van der Waals surface area contributed by atoms with Crippen LogP contribution in [0.3, 0.4) is 0 Å². The molecule has 0 aliphatic carbocycles. The lowest BCUT2D eigenvalue weighted by molar-refractivity contribution is 0.414. The van der Waals surface area contributed by atoms with E-state index in [-0.39, 0.29) is 11.9 Å². The first kappa shape index (κ1) is 15.3. The van der Waals surface area contributed by atoms with Gasteiger partial charge in [-0.05, 0) is 55.0 Å². The fourth-order valence-electron chi connectivity index (χ4n) is 1.91. The Morgan fingerprint density at radius 3 is 2.52 bits per heavy atom. The maximum Gasteiger partial charge on any atom is 0.171 e. The van der Waals surface area contributed by atoms with Crippen LogP contribution in [0.25, 0.3) is 0 Å². The second kappa shape index (κ2) is 7.04. The van der Waals surface area contributed by atoms with E-state index in [9.17, 15) is 4.39 Å². The predicted octanol–water partition coefficient (Wildman–Crippen LogP) is 3.88. The fourth-order valence-corrected chi connectivity index (χ4v) is 2.20. The quantitative estimate of drug-likeness (QED) is 0.840. The van der Waals surface area contributed by atoms with Gasteiger partial charge in [-0.3, -0.25) is 0 Å². The second-order valence-corrected chi connectivity index (χ2v) is 5.01. The number of benzene rings is 2. The minimum atomic E-state index is -0.300. The van der Waals surface area contributed by atoms with E-state index in [1.165, 1.54) is 12.1 Å². The molecular weight excluding hydrogens is 287 g/mol. The molecule has 0 aliphatic rings. The van der Waals surface area contributed by atoms with Gasteiger partial charge in [0.1, 0.15) is 11.6 Å². The van der Waals surface area contributed by atoms with Gasteiger partial charge in [0, 0.05) is 5.69 Å². The Labute approximate surface area is 129 Å². The van der Waals surface area contributed by atoms with Gasteiger partial charge in [0.15, 0.2) is 5.11 Å². The minimum Gasteiger partial charge on any atom is -0.497 e. The largest absolute Gasteiger partial charge is 0.497 e. The summed E-state index contributed by atoms with van der Waals surface area (Å²) in [6, 6.07) is 14.0. The highest BCUT2D eigenvalue weighted by molar-refractivity contribution is 7.80. The summed E-state index contributed by atoms with van der Waals surface area (Å²) in [6.07, 6.45) is 0. The van der Waals surface area contributed by atoms with Crippen molar-refractivity contribution in [1.82, 2.24) is 5.32 Å². The second-order valence-electron chi connectivity index (χ2n) is 4.60. The molecule has 0 amide bonds. The first-order valence-corrected chi connectivity index (χ1v) is 6.96. The number of hydrogen-bond donors (Lipinski definition) is 2. The van der Waals surface area contributed by atoms with E-state index in [1.54, 1.807) is 19.2 Å². The van der Waals surface area contributed by atoms with E-state index in [0.29, 0.717) is 10.8 Å². The smallest absolute Gasteiger partial charge is 0.171 e. The lowest BCUT2D eigenvalue weighted by atomic mass is 10.1. The molecule has 2 aromatic carbocycles. The highest BCUT2D eigenvalue weighted by Gasteiger charge is 2.07. The molecule has 0 aliphatic heterocycles. The van der Waals surface area contributed by atoms with Crippen molar-refractivity contribution in [3.8, 4) is 5.75 Å². The van der Waals surface area contributed by atoms with Crippen LogP contribution < -0.4 is 15.4 Å². The molecular formula is C16H17FN2OS. The van der Waals surface area contributed by atoms with Crippen molar-refractivity contribution in [3.63, 3.8) is 0 Å². The van der Waals surface area contributed by atoms with Gasteiger partial charge in [-0.15, -0.1) is 0 Å². The van der Waals surface area contributed by atoms with Crippen molar-refractivity contribution in [2.75, 3.05) is 12.4 Å². The maximum absolute atomic E-state index is 13.1. The van der Waals surface area contributed by atoms with Crippen molar-refractivity contribution in [2.45, 2.75) is 13.0 Å². The Bertz CT molecular complexity index is 616. The first-order chi connectivity index (χ1) is 10.1. The topological polar surface area (TPSA) is 33.3 Å². The maximum atomic E-state index is 13.1. The summed E-state index contributed by atoms with van der Waals surface area (Å²) < 4.78 is 18.2. The Kier molecular flexibility index (Phi) is 5.11. The van der Waals surface area contributed by atoms with Crippen LogP contribution in [0.1, 0.15) is 18.5 Å².